The molecular weight excluding hydrogens is 274 g/mol. The van der Waals surface area contributed by atoms with Crippen LogP contribution in [0.1, 0.15) is 18.6 Å². The molecule has 0 saturated heterocycles. The number of nitro groups is 1. The summed E-state index contributed by atoms with van der Waals surface area (Å²) in [6, 6.07) is 0. The summed E-state index contributed by atoms with van der Waals surface area (Å²) in [5.74, 6) is 1.19. The highest BCUT2D eigenvalue weighted by Crippen LogP contribution is 2.22. The Balaban J connectivity index is 2.14. The van der Waals surface area contributed by atoms with Crippen LogP contribution in [0.25, 0.3) is 0 Å². The highest BCUT2D eigenvalue weighted by Gasteiger charge is 2.17. The van der Waals surface area contributed by atoms with Crippen molar-refractivity contribution >= 4 is 23.1 Å². The molecule has 2 heterocycles. The number of aromatic nitrogens is 3. The molecule has 0 fully saturated rings. The van der Waals surface area contributed by atoms with Crippen LogP contribution in [0.4, 0.5) is 11.5 Å². The van der Waals surface area contributed by atoms with Gasteiger partial charge in [0.15, 0.2) is 0 Å². The zero-order valence-electron chi connectivity index (χ0n) is 9.96. The van der Waals surface area contributed by atoms with Gasteiger partial charge < -0.3 is 9.73 Å². The summed E-state index contributed by atoms with van der Waals surface area (Å²) in [5, 5.41) is 13.5. The summed E-state index contributed by atoms with van der Waals surface area (Å²) < 4.78 is 5.37. The van der Waals surface area contributed by atoms with E-state index in [9.17, 15) is 10.1 Å². The molecule has 0 aliphatic rings. The Morgan fingerprint density at radius 2 is 2.26 bits per heavy atom. The first-order valence-electron chi connectivity index (χ1n) is 5.44. The second kappa shape index (κ2) is 5.61. The third-order valence-corrected chi connectivity index (χ3v) is 2.48. The molecule has 0 aromatic carbocycles. The second-order valence-electron chi connectivity index (χ2n) is 3.56. The molecule has 2 aromatic rings. The van der Waals surface area contributed by atoms with Gasteiger partial charge in [-0.05, 0) is 11.6 Å². The van der Waals surface area contributed by atoms with E-state index in [1.807, 2.05) is 6.92 Å². The summed E-state index contributed by atoms with van der Waals surface area (Å²) in [4.78, 5) is 21.6. The number of rotatable bonds is 5. The number of nitrogens with zero attached hydrogens (tertiary/aromatic N) is 4. The Morgan fingerprint density at radius 1 is 1.47 bits per heavy atom. The average molecular weight is 284 g/mol. The smallest absolute Gasteiger partial charge is 0.329 e. The van der Waals surface area contributed by atoms with Crippen molar-refractivity contribution in [3.8, 4) is 0 Å². The maximum Gasteiger partial charge on any atom is 0.329 e. The summed E-state index contributed by atoms with van der Waals surface area (Å²) >= 11 is 5.61. The normalized spacial score (nSPS) is 10.4. The van der Waals surface area contributed by atoms with Crippen LogP contribution in [0, 0.1) is 10.1 Å². The molecular formula is C10H10ClN5O3. The molecule has 100 valence electrons. The molecule has 0 spiro atoms. The van der Waals surface area contributed by atoms with Gasteiger partial charge in [0.1, 0.15) is 12.0 Å². The van der Waals surface area contributed by atoms with E-state index in [0.29, 0.717) is 5.89 Å². The van der Waals surface area contributed by atoms with Gasteiger partial charge in [-0.15, -0.1) is 0 Å². The minimum Gasteiger partial charge on any atom is -0.444 e. The van der Waals surface area contributed by atoms with Crippen LogP contribution in [-0.4, -0.2) is 19.9 Å². The average Bonchev–Trinajstić information content (AvgIpc) is 2.84. The Bertz CT molecular complexity index is 601. The summed E-state index contributed by atoms with van der Waals surface area (Å²) in [6.45, 7) is 2.11. The van der Waals surface area contributed by atoms with Gasteiger partial charge in [0.05, 0.1) is 17.7 Å². The van der Waals surface area contributed by atoms with E-state index >= 15 is 0 Å². The van der Waals surface area contributed by atoms with Gasteiger partial charge in [-0.2, -0.15) is 4.98 Å². The number of hydrogen-bond acceptors (Lipinski definition) is 7. The van der Waals surface area contributed by atoms with Crippen LogP contribution in [0.15, 0.2) is 16.8 Å². The van der Waals surface area contributed by atoms with Crippen LogP contribution in [0.2, 0.25) is 5.28 Å². The molecule has 0 amide bonds. The van der Waals surface area contributed by atoms with Gasteiger partial charge in [0, 0.05) is 6.42 Å². The highest BCUT2D eigenvalue weighted by molar-refractivity contribution is 6.28. The van der Waals surface area contributed by atoms with Crippen molar-refractivity contribution in [3.63, 3.8) is 0 Å². The van der Waals surface area contributed by atoms with Gasteiger partial charge in [-0.25, -0.2) is 9.97 Å². The maximum absolute atomic E-state index is 10.8. The molecule has 2 rings (SSSR count). The highest BCUT2D eigenvalue weighted by atomic mass is 35.5. The summed E-state index contributed by atoms with van der Waals surface area (Å²) in [7, 11) is 0. The first-order valence-corrected chi connectivity index (χ1v) is 5.82. The lowest BCUT2D eigenvalue weighted by Crippen LogP contribution is -2.05. The Hall–Kier alpha value is -2.22. The number of nitrogens with one attached hydrogen (secondary N) is 1. The van der Waals surface area contributed by atoms with Gasteiger partial charge in [0.2, 0.25) is 17.0 Å². The first-order chi connectivity index (χ1) is 9.10. The fourth-order valence-corrected chi connectivity index (χ4v) is 1.50. The van der Waals surface area contributed by atoms with Crippen molar-refractivity contribution in [2.45, 2.75) is 19.9 Å². The minimum atomic E-state index is -0.592. The summed E-state index contributed by atoms with van der Waals surface area (Å²) in [5.41, 5.74) is -0.258. The van der Waals surface area contributed by atoms with Crippen molar-refractivity contribution in [1.82, 2.24) is 15.0 Å². The minimum absolute atomic E-state index is 0.0289. The zero-order chi connectivity index (χ0) is 13.8. The molecule has 9 heteroatoms. The Kier molecular flexibility index (Phi) is 3.91. The SMILES string of the molecule is CCc1cnc(CNc2nc(Cl)ncc2[N+](=O)[O-])o1. The van der Waals surface area contributed by atoms with E-state index in [4.69, 9.17) is 16.0 Å². The fourth-order valence-electron chi connectivity index (χ4n) is 1.37. The monoisotopic (exact) mass is 283 g/mol. The predicted molar refractivity (Wildman–Crippen MR) is 66.9 cm³/mol. The predicted octanol–water partition coefficient (Wildman–Crippen LogP) is 2.20. The molecule has 0 bridgehead atoms. The third-order valence-electron chi connectivity index (χ3n) is 2.29. The quantitative estimate of drug-likeness (QED) is 0.509. The topological polar surface area (TPSA) is 107 Å². The molecule has 0 saturated carbocycles. The number of aryl methyl sites for hydroxylation is 1. The van der Waals surface area contributed by atoms with E-state index in [1.165, 1.54) is 0 Å². The maximum atomic E-state index is 10.8. The van der Waals surface area contributed by atoms with Gasteiger partial charge >= 0.3 is 5.69 Å². The lowest BCUT2D eigenvalue weighted by molar-refractivity contribution is -0.384. The molecule has 0 atom stereocenters. The number of oxazole rings is 1. The molecule has 19 heavy (non-hydrogen) atoms. The van der Waals surface area contributed by atoms with Gasteiger partial charge in [-0.1, -0.05) is 6.92 Å². The van der Waals surface area contributed by atoms with Crippen molar-refractivity contribution in [2.24, 2.45) is 0 Å². The van der Waals surface area contributed by atoms with E-state index < -0.39 is 4.92 Å². The molecule has 1 N–H and O–H groups in total. The van der Waals surface area contributed by atoms with E-state index in [0.717, 1.165) is 18.4 Å². The molecule has 8 nitrogen and oxygen atoms in total. The molecule has 0 aliphatic carbocycles. The Labute approximate surface area is 113 Å². The molecule has 0 unspecified atom stereocenters. The van der Waals surface area contributed by atoms with Crippen molar-refractivity contribution in [2.75, 3.05) is 5.32 Å². The van der Waals surface area contributed by atoms with Crippen molar-refractivity contribution in [3.05, 3.63) is 39.4 Å². The Morgan fingerprint density at radius 3 is 2.89 bits per heavy atom. The van der Waals surface area contributed by atoms with Crippen LogP contribution in [0.5, 0.6) is 0 Å². The fraction of sp³-hybridized carbons (Fsp3) is 0.300. The van der Waals surface area contributed by atoms with Gasteiger partial charge in [0.25, 0.3) is 0 Å². The first kappa shape index (κ1) is 13.2. The van der Waals surface area contributed by atoms with Crippen LogP contribution < -0.4 is 5.32 Å². The molecule has 0 radical (unpaired) electrons. The van der Waals surface area contributed by atoms with Crippen LogP contribution in [0.3, 0.4) is 0 Å². The molecule has 2 aromatic heterocycles. The number of hydrogen-bond donors (Lipinski definition) is 1. The van der Waals surface area contributed by atoms with E-state index in [2.05, 4.69) is 20.3 Å². The van der Waals surface area contributed by atoms with E-state index in [-0.39, 0.29) is 23.3 Å². The van der Waals surface area contributed by atoms with E-state index in [1.54, 1.807) is 6.20 Å². The van der Waals surface area contributed by atoms with Gasteiger partial charge in [-0.3, -0.25) is 10.1 Å². The lowest BCUT2D eigenvalue weighted by Gasteiger charge is -2.03. The van der Waals surface area contributed by atoms with Crippen LogP contribution in [-0.2, 0) is 13.0 Å². The summed E-state index contributed by atoms with van der Waals surface area (Å²) in [6.07, 6.45) is 3.38. The standard InChI is InChI=1S/C10H10ClN5O3/c1-2-6-3-12-8(19-6)5-13-9-7(16(17)18)4-14-10(11)15-9/h3-4H,2,5H2,1H3,(H,13,14,15). The number of halogens is 1. The second-order valence-corrected chi connectivity index (χ2v) is 3.90. The lowest BCUT2D eigenvalue weighted by atomic mass is 10.4. The largest absolute Gasteiger partial charge is 0.444 e. The molecule has 0 aliphatic heterocycles. The van der Waals surface area contributed by atoms with Crippen molar-refractivity contribution < 1.29 is 9.34 Å². The third kappa shape index (κ3) is 3.16. The van der Waals surface area contributed by atoms with Crippen molar-refractivity contribution in [1.29, 1.82) is 0 Å². The number of anilines is 1. The van der Waals surface area contributed by atoms with Crippen LogP contribution >= 0.6 is 11.6 Å². The zero-order valence-corrected chi connectivity index (χ0v) is 10.7.